The van der Waals surface area contributed by atoms with Crippen molar-refractivity contribution in [3.05, 3.63) is 59.2 Å². The largest absolute Gasteiger partial charge is 0.496 e. The molecule has 1 aliphatic rings. The van der Waals surface area contributed by atoms with Gasteiger partial charge < -0.3 is 10.1 Å². The smallest absolute Gasteiger partial charge is 0.241 e. The molecule has 0 unspecified atom stereocenters. The van der Waals surface area contributed by atoms with Gasteiger partial charge in [-0.15, -0.1) is 0 Å². The lowest BCUT2D eigenvalue weighted by atomic mass is 10.1. The van der Waals surface area contributed by atoms with Gasteiger partial charge in [-0.1, -0.05) is 17.7 Å². The Hall–Kier alpha value is -2.88. The van der Waals surface area contributed by atoms with E-state index in [2.05, 4.69) is 40.2 Å². The van der Waals surface area contributed by atoms with E-state index in [1.54, 1.807) is 31.4 Å². The molecule has 6 nitrogen and oxygen atoms in total. The number of nitrogens with zero attached hydrogens (tertiary/aromatic N) is 3. The molecule has 0 radical (unpaired) electrons. The highest BCUT2D eigenvalue weighted by molar-refractivity contribution is 5.94. The Morgan fingerprint density at radius 1 is 1.17 bits per heavy atom. The summed E-state index contributed by atoms with van der Waals surface area (Å²) in [6.45, 7) is 8.39. The Kier molecular flexibility index (Phi) is 6.86. The van der Waals surface area contributed by atoms with E-state index in [1.165, 1.54) is 11.1 Å². The van der Waals surface area contributed by atoms with Crippen molar-refractivity contribution in [2.75, 3.05) is 38.6 Å². The fourth-order valence-electron chi connectivity index (χ4n) is 3.62. The summed E-state index contributed by atoms with van der Waals surface area (Å²) in [5.74, 6) is 0.900. The Morgan fingerprint density at radius 3 is 2.48 bits per heavy atom. The predicted molar refractivity (Wildman–Crippen MR) is 114 cm³/mol. The Morgan fingerprint density at radius 2 is 1.86 bits per heavy atom. The number of carbonyl (C=O) groups excluding carboxylic acids is 1. The van der Waals surface area contributed by atoms with Gasteiger partial charge in [0.15, 0.2) is 0 Å². The average Bonchev–Trinajstić information content (AvgIpc) is 2.74. The lowest BCUT2D eigenvalue weighted by molar-refractivity contribution is -0.121. The van der Waals surface area contributed by atoms with Crippen LogP contribution in [-0.4, -0.2) is 55.0 Å². The van der Waals surface area contributed by atoms with E-state index in [4.69, 9.17) is 10.00 Å². The second-order valence-electron chi connectivity index (χ2n) is 7.48. The van der Waals surface area contributed by atoms with Gasteiger partial charge in [-0.2, -0.15) is 5.26 Å². The molecule has 1 atom stereocenters. The third-order valence-corrected chi connectivity index (χ3v) is 5.45. The average molecular weight is 393 g/mol. The second-order valence-corrected chi connectivity index (χ2v) is 7.48. The SMILES string of the molecule is COc1ccc(C)cc1CN1CCN([C@@H](C)C(=O)Nc2ccc(C#N)cc2)CC1. The summed E-state index contributed by atoms with van der Waals surface area (Å²) < 4.78 is 5.50. The molecule has 152 valence electrons. The molecule has 6 heteroatoms. The van der Waals surface area contributed by atoms with E-state index < -0.39 is 0 Å². The van der Waals surface area contributed by atoms with Gasteiger partial charge in [0.05, 0.1) is 24.8 Å². The molecule has 29 heavy (non-hydrogen) atoms. The Balaban J connectivity index is 1.52. The van der Waals surface area contributed by atoms with Crippen LogP contribution in [0.25, 0.3) is 0 Å². The first-order chi connectivity index (χ1) is 14.0. The molecule has 1 aliphatic heterocycles. The number of benzene rings is 2. The molecule has 1 amide bonds. The molecule has 1 saturated heterocycles. The maximum atomic E-state index is 12.6. The van der Waals surface area contributed by atoms with Crippen LogP contribution < -0.4 is 10.1 Å². The fraction of sp³-hybridized carbons (Fsp3) is 0.391. The second kappa shape index (κ2) is 9.55. The highest BCUT2D eigenvalue weighted by Gasteiger charge is 2.26. The molecule has 0 aromatic heterocycles. The van der Waals surface area contributed by atoms with Crippen LogP contribution in [-0.2, 0) is 11.3 Å². The van der Waals surface area contributed by atoms with Crippen LogP contribution in [0, 0.1) is 18.3 Å². The summed E-state index contributed by atoms with van der Waals surface area (Å²) >= 11 is 0. The number of aryl methyl sites for hydroxylation is 1. The zero-order valence-electron chi connectivity index (χ0n) is 17.3. The number of nitrogens with one attached hydrogen (secondary N) is 1. The molecule has 1 fully saturated rings. The van der Waals surface area contributed by atoms with E-state index in [1.807, 2.05) is 13.0 Å². The molecule has 2 aromatic rings. The van der Waals surface area contributed by atoms with Crippen LogP contribution in [0.2, 0.25) is 0 Å². The van der Waals surface area contributed by atoms with Crippen LogP contribution in [0.15, 0.2) is 42.5 Å². The summed E-state index contributed by atoms with van der Waals surface area (Å²) in [4.78, 5) is 17.2. The first-order valence-electron chi connectivity index (χ1n) is 9.91. The minimum Gasteiger partial charge on any atom is -0.496 e. The van der Waals surface area contributed by atoms with Crippen molar-refractivity contribution in [1.29, 1.82) is 5.26 Å². The fourth-order valence-corrected chi connectivity index (χ4v) is 3.62. The summed E-state index contributed by atoms with van der Waals surface area (Å²) in [5.41, 5.74) is 3.73. The minimum absolute atomic E-state index is 0.0245. The van der Waals surface area contributed by atoms with Gasteiger partial charge in [0.25, 0.3) is 0 Å². The number of hydrogen-bond acceptors (Lipinski definition) is 5. The topological polar surface area (TPSA) is 68.6 Å². The maximum absolute atomic E-state index is 12.6. The monoisotopic (exact) mass is 392 g/mol. The van der Waals surface area contributed by atoms with Gasteiger partial charge >= 0.3 is 0 Å². The van der Waals surface area contributed by atoms with Gasteiger partial charge in [-0.3, -0.25) is 14.6 Å². The number of methoxy groups -OCH3 is 1. The first kappa shape index (κ1) is 20.8. The molecule has 0 saturated carbocycles. The zero-order chi connectivity index (χ0) is 20.8. The van der Waals surface area contributed by atoms with Gasteiger partial charge in [0.2, 0.25) is 5.91 Å². The molecule has 3 rings (SSSR count). The standard InChI is InChI=1S/C23H28N4O2/c1-17-4-9-22(29-3)20(14-17)16-26-10-12-27(13-11-26)18(2)23(28)25-21-7-5-19(15-24)6-8-21/h4-9,14,18H,10-13,16H2,1-3H3,(H,25,28)/t18-/m0/s1. The molecular weight excluding hydrogens is 364 g/mol. The lowest BCUT2D eigenvalue weighted by Gasteiger charge is -2.37. The third-order valence-electron chi connectivity index (χ3n) is 5.45. The van der Waals surface area contributed by atoms with E-state index in [0.29, 0.717) is 11.3 Å². The normalized spacial score (nSPS) is 16.1. The predicted octanol–water partition coefficient (Wildman–Crippen LogP) is 3.02. The number of amides is 1. The molecule has 0 bridgehead atoms. The summed E-state index contributed by atoms with van der Waals surface area (Å²) in [5, 5.41) is 11.8. The van der Waals surface area contributed by atoms with Crippen LogP contribution in [0.4, 0.5) is 5.69 Å². The lowest BCUT2D eigenvalue weighted by Crippen LogP contribution is -2.52. The quantitative estimate of drug-likeness (QED) is 0.818. The van der Waals surface area contributed by atoms with Crippen molar-refractivity contribution in [2.45, 2.75) is 26.4 Å². The number of anilines is 1. The highest BCUT2D eigenvalue weighted by atomic mass is 16.5. The van der Waals surface area contributed by atoms with Gasteiger partial charge in [-0.25, -0.2) is 0 Å². The van der Waals surface area contributed by atoms with E-state index in [0.717, 1.165) is 38.5 Å². The molecule has 2 aromatic carbocycles. The summed E-state index contributed by atoms with van der Waals surface area (Å²) in [6, 6.07) is 15.1. The first-order valence-corrected chi connectivity index (χ1v) is 9.91. The van der Waals surface area contributed by atoms with Crippen molar-refractivity contribution >= 4 is 11.6 Å². The number of carbonyl (C=O) groups is 1. The van der Waals surface area contributed by atoms with E-state index >= 15 is 0 Å². The zero-order valence-corrected chi connectivity index (χ0v) is 17.3. The van der Waals surface area contributed by atoms with Crippen LogP contribution in [0.1, 0.15) is 23.6 Å². The number of ether oxygens (including phenoxy) is 1. The molecule has 1 heterocycles. The Bertz CT molecular complexity index is 881. The van der Waals surface area contributed by atoms with Crippen LogP contribution in [0.5, 0.6) is 5.75 Å². The number of hydrogen-bond donors (Lipinski definition) is 1. The Labute approximate surface area is 172 Å². The van der Waals surface area contributed by atoms with Crippen molar-refractivity contribution in [3.63, 3.8) is 0 Å². The van der Waals surface area contributed by atoms with Gasteiger partial charge in [0.1, 0.15) is 5.75 Å². The highest BCUT2D eigenvalue weighted by Crippen LogP contribution is 2.22. The summed E-state index contributed by atoms with van der Waals surface area (Å²) in [7, 11) is 1.71. The van der Waals surface area contributed by atoms with E-state index in [-0.39, 0.29) is 11.9 Å². The van der Waals surface area contributed by atoms with Gasteiger partial charge in [0, 0.05) is 44.0 Å². The van der Waals surface area contributed by atoms with Crippen molar-refractivity contribution < 1.29 is 9.53 Å². The van der Waals surface area contributed by atoms with Crippen LogP contribution >= 0.6 is 0 Å². The van der Waals surface area contributed by atoms with Crippen LogP contribution in [0.3, 0.4) is 0 Å². The number of nitriles is 1. The van der Waals surface area contributed by atoms with Crippen molar-refractivity contribution in [2.24, 2.45) is 0 Å². The molecule has 0 aliphatic carbocycles. The van der Waals surface area contributed by atoms with Crippen molar-refractivity contribution in [1.82, 2.24) is 9.80 Å². The number of rotatable bonds is 6. The van der Waals surface area contributed by atoms with Gasteiger partial charge in [-0.05, 0) is 44.2 Å². The van der Waals surface area contributed by atoms with E-state index in [9.17, 15) is 4.79 Å². The summed E-state index contributed by atoms with van der Waals surface area (Å²) in [6.07, 6.45) is 0. The minimum atomic E-state index is -0.207. The van der Waals surface area contributed by atoms with Crippen molar-refractivity contribution in [3.8, 4) is 11.8 Å². The molecule has 1 N–H and O–H groups in total. The third kappa shape index (κ3) is 5.35. The molecular formula is C23H28N4O2. The number of piperazine rings is 1. The molecule has 0 spiro atoms. The maximum Gasteiger partial charge on any atom is 0.241 e.